The Morgan fingerprint density at radius 2 is 2.37 bits per heavy atom. The molecule has 0 aliphatic carbocycles. The number of rotatable bonds is 4. The third kappa shape index (κ3) is 2.69. The second-order valence-electron chi connectivity index (χ2n) is 4.87. The molecule has 1 aromatic carbocycles. The maximum Gasteiger partial charge on any atom is 0.123 e. The molecule has 3 rings (SSSR count). The average molecular weight is 273 g/mol. The van der Waals surface area contributed by atoms with Gasteiger partial charge >= 0.3 is 0 Å². The Morgan fingerprint density at radius 1 is 1.47 bits per heavy atom. The zero-order chi connectivity index (χ0) is 13.1. The van der Waals surface area contributed by atoms with Crippen LogP contribution in [0.3, 0.4) is 0 Å². The van der Waals surface area contributed by atoms with Gasteiger partial charge in [0, 0.05) is 29.9 Å². The van der Waals surface area contributed by atoms with Gasteiger partial charge in [0.05, 0.1) is 6.04 Å². The summed E-state index contributed by atoms with van der Waals surface area (Å²) in [6.07, 6.45) is 4.75. The molecule has 0 saturated heterocycles. The summed E-state index contributed by atoms with van der Waals surface area (Å²) in [5.74, 6) is 3.30. The molecule has 100 valence electrons. The zero-order valence-corrected chi connectivity index (χ0v) is 11.9. The molecule has 0 radical (unpaired) electrons. The molecule has 0 saturated carbocycles. The van der Waals surface area contributed by atoms with Crippen molar-refractivity contribution in [1.29, 1.82) is 0 Å². The number of hydrogen-bond acceptors (Lipinski definition) is 3. The molecule has 0 amide bonds. The van der Waals surface area contributed by atoms with Crippen molar-refractivity contribution in [3.05, 3.63) is 53.6 Å². The number of aromatic nitrogens is 2. The highest BCUT2D eigenvalue weighted by Crippen LogP contribution is 2.33. The second kappa shape index (κ2) is 5.80. The van der Waals surface area contributed by atoms with Gasteiger partial charge in [-0.1, -0.05) is 31.2 Å². The monoisotopic (exact) mass is 273 g/mol. The molecule has 2 heterocycles. The molecular weight excluding hydrogens is 254 g/mol. The van der Waals surface area contributed by atoms with E-state index in [4.69, 9.17) is 0 Å². The number of nitrogens with one attached hydrogen (secondary N) is 2. The van der Waals surface area contributed by atoms with Crippen LogP contribution in [0, 0.1) is 0 Å². The third-order valence-electron chi connectivity index (χ3n) is 3.63. The summed E-state index contributed by atoms with van der Waals surface area (Å²) in [4.78, 5) is 7.61. The Bertz CT molecular complexity index is 524. The van der Waals surface area contributed by atoms with Crippen LogP contribution in [-0.2, 0) is 5.75 Å². The van der Waals surface area contributed by atoms with Crippen LogP contribution in [0.4, 0.5) is 0 Å². The van der Waals surface area contributed by atoms with E-state index in [2.05, 4.69) is 46.5 Å². The minimum Gasteiger partial charge on any atom is -0.347 e. The minimum atomic E-state index is 0.298. The number of imidazole rings is 1. The molecule has 2 unspecified atom stereocenters. The second-order valence-corrected chi connectivity index (χ2v) is 5.90. The third-order valence-corrected chi connectivity index (χ3v) is 4.72. The lowest BCUT2D eigenvalue weighted by Crippen LogP contribution is -2.30. The molecule has 4 heteroatoms. The largest absolute Gasteiger partial charge is 0.347 e. The quantitative estimate of drug-likeness (QED) is 0.896. The van der Waals surface area contributed by atoms with Crippen molar-refractivity contribution < 1.29 is 0 Å². The molecule has 2 N–H and O–H groups in total. The normalized spacial score (nSPS) is 19.9. The van der Waals surface area contributed by atoms with Crippen molar-refractivity contribution in [2.75, 3.05) is 5.75 Å². The average Bonchev–Trinajstić information content (AvgIpc) is 2.99. The fourth-order valence-electron chi connectivity index (χ4n) is 2.62. The summed E-state index contributed by atoms with van der Waals surface area (Å²) in [6.45, 7) is 2.20. The molecule has 0 spiro atoms. The van der Waals surface area contributed by atoms with Gasteiger partial charge in [-0.3, -0.25) is 5.32 Å². The first-order chi connectivity index (χ1) is 9.38. The lowest BCUT2D eigenvalue weighted by atomic mass is 10.0. The highest BCUT2D eigenvalue weighted by Gasteiger charge is 2.23. The van der Waals surface area contributed by atoms with Gasteiger partial charge in [0.25, 0.3) is 0 Å². The van der Waals surface area contributed by atoms with Crippen molar-refractivity contribution in [3.63, 3.8) is 0 Å². The van der Waals surface area contributed by atoms with Crippen molar-refractivity contribution >= 4 is 11.8 Å². The minimum absolute atomic E-state index is 0.298. The number of H-pyrrole nitrogens is 1. The summed E-state index contributed by atoms with van der Waals surface area (Å²) in [5, 5.41) is 3.75. The molecular formula is C15H19N3S. The smallest absolute Gasteiger partial charge is 0.123 e. The Labute approximate surface area is 118 Å². The molecule has 0 fully saturated rings. The molecule has 19 heavy (non-hydrogen) atoms. The van der Waals surface area contributed by atoms with Crippen LogP contribution >= 0.6 is 11.8 Å². The van der Waals surface area contributed by atoms with Gasteiger partial charge in [0.1, 0.15) is 5.82 Å². The standard InChI is InChI=1S/C15H19N3S/c1-2-13(15-16-7-8-17-15)18-14-10-19-9-11-5-3-4-6-12(11)14/h3-8,13-14,18H,2,9-10H2,1H3,(H,16,17). The number of aromatic amines is 1. The summed E-state index contributed by atoms with van der Waals surface area (Å²) in [6, 6.07) is 9.48. The number of benzene rings is 1. The highest BCUT2D eigenvalue weighted by atomic mass is 32.2. The van der Waals surface area contributed by atoms with Crippen molar-refractivity contribution in [2.24, 2.45) is 0 Å². The fourth-order valence-corrected chi connectivity index (χ4v) is 3.73. The van der Waals surface area contributed by atoms with Crippen molar-refractivity contribution in [3.8, 4) is 0 Å². The first-order valence-electron chi connectivity index (χ1n) is 6.79. The van der Waals surface area contributed by atoms with E-state index in [0.717, 1.165) is 23.8 Å². The van der Waals surface area contributed by atoms with E-state index in [0.29, 0.717) is 12.1 Å². The van der Waals surface area contributed by atoms with Crippen LogP contribution < -0.4 is 5.32 Å². The van der Waals surface area contributed by atoms with E-state index in [9.17, 15) is 0 Å². The topological polar surface area (TPSA) is 40.7 Å². The predicted molar refractivity (Wildman–Crippen MR) is 80.1 cm³/mol. The summed E-state index contributed by atoms with van der Waals surface area (Å²) in [5.41, 5.74) is 2.91. The maximum atomic E-state index is 4.38. The Balaban J connectivity index is 1.80. The lowest BCUT2D eigenvalue weighted by molar-refractivity contribution is 0.442. The van der Waals surface area contributed by atoms with Gasteiger partial charge < -0.3 is 4.98 Å². The van der Waals surface area contributed by atoms with E-state index in [-0.39, 0.29) is 0 Å². The molecule has 1 aliphatic heterocycles. The Morgan fingerprint density at radius 3 is 3.16 bits per heavy atom. The van der Waals surface area contributed by atoms with Gasteiger partial charge in [0.2, 0.25) is 0 Å². The van der Waals surface area contributed by atoms with E-state index in [1.165, 1.54) is 11.1 Å². The van der Waals surface area contributed by atoms with E-state index in [1.807, 2.05) is 24.2 Å². The summed E-state index contributed by atoms with van der Waals surface area (Å²) in [7, 11) is 0. The Hall–Kier alpha value is -1.26. The molecule has 3 nitrogen and oxygen atoms in total. The summed E-state index contributed by atoms with van der Waals surface area (Å²) < 4.78 is 0. The van der Waals surface area contributed by atoms with Crippen molar-refractivity contribution in [1.82, 2.24) is 15.3 Å². The zero-order valence-electron chi connectivity index (χ0n) is 11.1. The maximum absolute atomic E-state index is 4.38. The molecule has 1 aromatic heterocycles. The fraction of sp³-hybridized carbons (Fsp3) is 0.400. The van der Waals surface area contributed by atoms with Gasteiger partial charge in [-0.05, 0) is 17.5 Å². The van der Waals surface area contributed by atoms with Crippen LogP contribution in [0.5, 0.6) is 0 Å². The number of nitrogens with zero attached hydrogens (tertiary/aromatic N) is 1. The Kier molecular flexibility index (Phi) is 3.89. The van der Waals surface area contributed by atoms with Crippen LogP contribution in [0.2, 0.25) is 0 Å². The van der Waals surface area contributed by atoms with Crippen LogP contribution in [0.1, 0.15) is 42.4 Å². The molecule has 0 bridgehead atoms. The van der Waals surface area contributed by atoms with Crippen LogP contribution in [0.25, 0.3) is 0 Å². The van der Waals surface area contributed by atoms with E-state index in [1.54, 1.807) is 0 Å². The predicted octanol–water partition coefficient (Wildman–Crippen LogP) is 3.44. The lowest BCUT2D eigenvalue weighted by Gasteiger charge is -2.29. The van der Waals surface area contributed by atoms with Gasteiger partial charge in [-0.15, -0.1) is 0 Å². The molecule has 2 atom stereocenters. The van der Waals surface area contributed by atoms with Gasteiger partial charge in [-0.25, -0.2) is 4.98 Å². The van der Waals surface area contributed by atoms with Crippen LogP contribution in [0.15, 0.2) is 36.7 Å². The first-order valence-corrected chi connectivity index (χ1v) is 7.95. The van der Waals surface area contributed by atoms with E-state index >= 15 is 0 Å². The SMILES string of the molecule is CCC(NC1CSCc2ccccc21)c1ncc[nH]1. The highest BCUT2D eigenvalue weighted by molar-refractivity contribution is 7.98. The number of fused-ring (bicyclic) bond motifs is 1. The van der Waals surface area contributed by atoms with E-state index < -0.39 is 0 Å². The van der Waals surface area contributed by atoms with Gasteiger partial charge in [0.15, 0.2) is 0 Å². The molecule has 2 aromatic rings. The van der Waals surface area contributed by atoms with Crippen molar-refractivity contribution in [2.45, 2.75) is 31.2 Å². The first kappa shape index (κ1) is 12.8. The van der Waals surface area contributed by atoms with Crippen LogP contribution in [-0.4, -0.2) is 15.7 Å². The number of thioether (sulfide) groups is 1. The summed E-state index contributed by atoms with van der Waals surface area (Å²) >= 11 is 2.00. The molecule has 1 aliphatic rings. The van der Waals surface area contributed by atoms with Gasteiger partial charge in [-0.2, -0.15) is 11.8 Å². The number of hydrogen-bond donors (Lipinski definition) is 2.